The molecule has 0 bridgehead atoms. The lowest BCUT2D eigenvalue weighted by Crippen LogP contribution is -2.11. The largest absolute Gasteiger partial charge is 0.324 e. The van der Waals surface area contributed by atoms with Gasteiger partial charge in [-0.15, -0.1) is 0 Å². The number of H-pyrrole nitrogens is 1. The van der Waals surface area contributed by atoms with Crippen molar-refractivity contribution in [2.24, 2.45) is 5.73 Å². The van der Waals surface area contributed by atoms with Gasteiger partial charge in [0.05, 0.1) is 0 Å². The number of nitrogens with zero attached hydrogens (tertiary/aromatic N) is 1. The molecule has 2 rings (SSSR count). The van der Waals surface area contributed by atoms with Gasteiger partial charge in [0, 0.05) is 22.7 Å². The zero-order chi connectivity index (χ0) is 15.2. The van der Waals surface area contributed by atoms with Crippen LogP contribution in [0.5, 0.6) is 0 Å². The van der Waals surface area contributed by atoms with E-state index in [0.29, 0.717) is 5.16 Å². The highest BCUT2D eigenvalue weighted by atomic mass is 32.2. The van der Waals surface area contributed by atoms with Crippen LogP contribution in [-0.4, -0.2) is 9.97 Å². The van der Waals surface area contributed by atoms with Crippen LogP contribution in [0.1, 0.15) is 44.0 Å². The zero-order valence-corrected chi connectivity index (χ0v) is 13.2. The Morgan fingerprint density at radius 3 is 2.81 bits per heavy atom. The van der Waals surface area contributed by atoms with Gasteiger partial charge in [-0.1, -0.05) is 50.2 Å². The van der Waals surface area contributed by atoms with Crippen molar-refractivity contribution in [2.45, 2.75) is 49.2 Å². The molecule has 0 spiro atoms. The summed E-state index contributed by atoms with van der Waals surface area (Å²) < 4.78 is 0. The van der Waals surface area contributed by atoms with E-state index in [-0.39, 0.29) is 11.6 Å². The third-order valence-electron chi connectivity index (χ3n) is 3.24. The van der Waals surface area contributed by atoms with Crippen molar-refractivity contribution >= 4 is 11.8 Å². The van der Waals surface area contributed by atoms with Crippen LogP contribution in [0, 0.1) is 0 Å². The van der Waals surface area contributed by atoms with Crippen molar-refractivity contribution in [1.82, 2.24) is 9.97 Å². The minimum absolute atomic E-state index is 0.000698. The van der Waals surface area contributed by atoms with Gasteiger partial charge in [-0.3, -0.25) is 4.79 Å². The number of hydrogen-bond acceptors (Lipinski definition) is 4. The standard InChI is InChI=1S/C16H21N3OS/c1-3-7-11-10-15(20)19-16(18-11)21-14-9-6-5-8-12(14)13(17)4-2/h5-6,8-10,13H,3-4,7,17H2,1-2H3,(H,18,19,20). The first-order chi connectivity index (χ1) is 10.1. The van der Waals surface area contributed by atoms with Gasteiger partial charge < -0.3 is 10.7 Å². The molecule has 0 amide bonds. The summed E-state index contributed by atoms with van der Waals surface area (Å²) >= 11 is 1.47. The van der Waals surface area contributed by atoms with Gasteiger partial charge in [-0.05, 0) is 24.5 Å². The average Bonchev–Trinajstić information content (AvgIpc) is 2.47. The number of aryl methyl sites for hydroxylation is 1. The van der Waals surface area contributed by atoms with Gasteiger partial charge in [0.15, 0.2) is 5.16 Å². The highest BCUT2D eigenvalue weighted by Crippen LogP contribution is 2.31. The maximum absolute atomic E-state index is 11.7. The lowest BCUT2D eigenvalue weighted by atomic mass is 10.1. The predicted octanol–water partition coefficient (Wildman–Crippen LogP) is 3.28. The Morgan fingerprint density at radius 2 is 2.10 bits per heavy atom. The molecule has 0 aliphatic heterocycles. The molecule has 3 N–H and O–H groups in total. The molecule has 1 aromatic heterocycles. The Morgan fingerprint density at radius 1 is 1.33 bits per heavy atom. The smallest absolute Gasteiger partial charge is 0.251 e. The van der Waals surface area contributed by atoms with Gasteiger partial charge in [0.1, 0.15) is 0 Å². The summed E-state index contributed by atoms with van der Waals surface area (Å²) in [5, 5.41) is 0.627. The van der Waals surface area contributed by atoms with E-state index in [9.17, 15) is 4.79 Å². The molecule has 21 heavy (non-hydrogen) atoms. The molecule has 0 aliphatic carbocycles. The molecule has 0 saturated carbocycles. The van der Waals surface area contributed by atoms with Crippen molar-refractivity contribution in [2.75, 3.05) is 0 Å². The third kappa shape index (κ3) is 4.19. The monoisotopic (exact) mass is 303 g/mol. The van der Waals surface area contributed by atoms with E-state index >= 15 is 0 Å². The first-order valence-corrected chi connectivity index (χ1v) is 8.08. The van der Waals surface area contributed by atoms with Crippen molar-refractivity contribution < 1.29 is 0 Å². The Kier molecular flexibility index (Phi) is 5.59. The van der Waals surface area contributed by atoms with Crippen LogP contribution < -0.4 is 11.3 Å². The Balaban J connectivity index is 2.32. The Hall–Kier alpha value is -1.59. The summed E-state index contributed by atoms with van der Waals surface area (Å²) in [4.78, 5) is 20.1. The maximum atomic E-state index is 11.7. The molecule has 112 valence electrons. The topological polar surface area (TPSA) is 71.8 Å². The van der Waals surface area contributed by atoms with E-state index in [1.165, 1.54) is 11.8 Å². The summed E-state index contributed by atoms with van der Waals surface area (Å²) in [6.07, 6.45) is 2.66. The molecule has 0 saturated heterocycles. The van der Waals surface area contributed by atoms with E-state index in [1.54, 1.807) is 6.07 Å². The molecule has 0 aliphatic rings. The maximum Gasteiger partial charge on any atom is 0.251 e. The highest BCUT2D eigenvalue weighted by molar-refractivity contribution is 7.99. The van der Waals surface area contributed by atoms with Crippen LogP contribution in [0.2, 0.25) is 0 Å². The summed E-state index contributed by atoms with van der Waals surface area (Å²) in [5.41, 5.74) is 7.97. The second-order valence-electron chi connectivity index (χ2n) is 4.95. The van der Waals surface area contributed by atoms with Crippen LogP contribution in [-0.2, 0) is 6.42 Å². The fraction of sp³-hybridized carbons (Fsp3) is 0.375. The molecule has 1 unspecified atom stereocenters. The summed E-state index contributed by atoms with van der Waals surface area (Å²) in [5.74, 6) is 0. The Labute approximate surface area is 129 Å². The SMILES string of the molecule is CCCc1cc(=O)[nH]c(Sc2ccccc2C(N)CC)n1. The van der Waals surface area contributed by atoms with Crippen molar-refractivity contribution in [3.63, 3.8) is 0 Å². The number of hydrogen-bond donors (Lipinski definition) is 2. The quantitative estimate of drug-likeness (QED) is 0.803. The van der Waals surface area contributed by atoms with Crippen LogP contribution in [0.4, 0.5) is 0 Å². The lowest BCUT2D eigenvalue weighted by molar-refractivity contribution is 0.685. The van der Waals surface area contributed by atoms with Crippen molar-refractivity contribution in [1.29, 1.82) is 0 Å². The van der Waals surface area contributed by atoms with E-state index in [1.807, 2.05) is 24.3 Å². The lowest BCUT2D eigenvalue weighted by Gasteiger charge is -2.14. The molecular weight excluding hydrogens is 282 g/mol. The molecule has 0 radical (unpaired) electrons. The molecule has 2 aromatic rings. The summed E-state index contributed by atoms with van der Waals surface area (Å²) in [6.45, 7) is 4.14. The van der Waals surface area contributed by atoms with Gasteiger partial charge >= 0.3 is 0 Å². The fourth-order valence-corrected chi connectivity index (χ4v) is 3.13. The molecule has 0 fully saturated rings. The number of aromatic amines is 1. The van der Waals surface area contributed by atoms with Crippen molar-refractivity contribution in [3.8, 4) is 0 Å². The zero-order valence-electron chi connectivity index (χ0n) is 12.4. The number of nitrogens with one attached hydrogen (secondary N) is 1. The van der Waals surface area contributed by atoms with E-state index in [0.717, 1.165) is 35.4 Å². The molecular formula is C16H21N3OS. The molecule has 5 heteroatoms. The second-order valence-corrected chi connectivity index (χ2v) is 5.98. The average molecular weight is 303 g/mol. The fourth-order valence-electron chi connectivity index (χ4n) is 2.12. The summed E-state index contributed by atoms with van der Waals surface area (Å²) in [6, 6.07) is 9.57. The van der Waals surface area contributed by atoms with Crippen LogP contribution >= 0.6 is 11.8 Å². The van der Waals surface area contributed by atoms with Crippen LogP contribution in [0.25, 0.3) is 0 Å². The van der Waals surface area contributed by atoms with Crippen molar-refractivity contribution in [3.05, 3.63) is 51.9 Å². The minimum atomic E-state index is -0.103. The first-order valence-electron chi connectivity index (χ1n) is 7.26. The highest BCUT2D eigenvalue weighted by Gasteiger charge is 2.11. The minimum Gasteiger partial charge on any atom is -0.324 e. The van der Waals surface area contributed by atoms with E-state index in [2.05, 4.69) is 23.8 Å². The van der Waals surface area contributed by atoms with Crippen LogP contribution in [0.15, 0.2) is 45.2 Å². The molecule has 1 atom stereocenters. The predicted molar refractivity (Wildman–Crippen MR) is 86.6 cm³/mol. The van der Waals surface area contributed by atoms with Gasteiger partial charge in [0.25, 0.3) is 5.56 Å². The third-order valence-corrected chi connectivity index (χ3v) is 4.22. The van der Waals surface area contributed by atoms with Crippen LogP contribution in [0.3, 0.4) is 0 Å². The molecule has 1 heterocycles. The van der Waals surface area contributed by atoms with E-state index in [4.69, 9.17) is 5.73 Å². The number of rotatable bonds is 6. The number of nitrogens with two attached hydrogens (primary N) is 1. The van der Waals surface area contributed by atoms with Gasteiger partial charge in [0.2, 0.25) is 0 Å². The van der Waals surface area contributed by atoms with E-state index < -0.39 is 0 Å². The second kappa shape index (κ2) is 7.43. The first kappa shape index (κ1) is 15.8. The summed E-state index contributed by atoms with van der Waals surface area (Å²) in [7, 11) is 0. The molecule has 4 nitrogen and oxygen atoms in total. The molecule has 1 aromatic carbocycles. The van der Waals surface area contributed by atoms with Gasteiger partial charge in [-0.2, -0.15) is 0 Å². The number of benzene rings is 1. The number of aromatic nitrogens is 2. The normalized spacial score (nSPS) is 12.3. The Bertz CT molecular complexity index is 654. The van der Waals surface area contributed by atoms with Gasteiger partial charge in [-0.25, -0.2) is 4.98 Å².